The minimum atomic E-state index is -0.673. The first-order valence-electron chi connectivity index (χ1n) is 8.17. The molecular weight excluding hydrogens is 354 g/mol. The number of carbonyl (C=O) groups is 1. The van der Waals surface area contributed by atoms with E-state index in [0.29, 0.717) is 23.1 Å². The Morgan fingerprint density at radius 2 is 2.08 bits per heavy atom. The summed E-state index contributed by atoms with van der Waals surface area (Å²) in [5, 5.41) is 3.49. The molecule has 0 aromatic heterocycles. The lowest BCUT2D eigenvalue weighted by molar-refractivity contribution is -0.118. The zero-order valence-corrected chi connectivity index (χ0v) is 15.4. The van der Waals surface area contributed by atoms with Crippen LogP contribution in [0.2, 0.25) is 5.02 Å². The molecule has 26 heavy (non-hydrogen) atoms. The van der Waals surface area contributed by atoms with Crippen molar-refractivity contribution in [2.24, 2.45) is 0 Å². The van der Waals surface area contributed by atoms with Crippen LogP contribution in [0.15, 0.2) is 48.5 Å². The summed E-state index contributed by atoms with van der Waals surface area (Å²) >= 11 is 6.06. The Hall–Kier alpha value is -2.50. The summed E-state index contributed by atoms with van der Waals surface area (Å²) in [4.78, 5) is 12.2. The average molecular weight is 374 g/mol. The number of methoxy groups -OCH3 is 1. The second kappa shape index (κ2) is 7.81. The van der Waals surface area contributed by atoms with Crippen LogP contribution in [-0.2, 0) is 15.1 Å². The molecule has 1 N–H and O–H groups in total. The van der Waals surface area contributed by atoms with E-state index in [1.807, 2.05) is 43.3 Å². The van der Waals surface area contributed by atoms with E-state index >= 15 is 0 Å². The van der Waals surface area contributed by atoms with Gasteiger partial charge in [0, 0.05) is 18.2 Å². The van der Waals surface area contributed by atoms with Gasteiger partial charge in [-0.2, -0.15) is 0 Å². The molecule has 0 radical (unpaired) electrons. The van der Waals surface area contributed by atoms with E-state index in [4.69, 9.17) is 25.8 Å². The van der Waals surface area contributed by atoms with Crippen molar-refractivity contribution in [3.8, 4) is 11.5 Å². The van der Waals surface area contributed by atoms with Crippen LogP contribution in [0.1, 0.15) is 18.1 Å². The number of rotatable bonds is 6. The Morgan fingerprint density at radius 1 is 1.27 bits per heavy atom. The molecule has 3 rings (SSSR count). The smallest absolute Gasteiger partial charge is 0.244 e. The van der Waals surface area contributed by atoms with Gasteiger partial charge in [-0.1, -0.05) is 29.8 Å². The van der Waals surface area contributed by atoms with Crippen molar-refractivity contribution in [1.29, 1.82) is 0 Å². The maximum absolute atomic E-state index is 12.2. The summed E-state index contributed by atoms with van der Waals surface area (Å²) in [6.07, 6.45) is 3.20. The van der Waals surface area contributed by atoms with E-state index in [0.717, 1.165) is 11.1 Å². The Bertz CT molecular complexity index is 836. The quantitative estimate of drug-likeness (QED) is 0.783. The van der Waals surface area contributed by atoms with Crippen LogP contribution >= 0.6 is 11.6 Å². The van der Waals surface area contributed by atoms with E-state index in [1.165, 1.54) is 6.08 Å². The second-order valence-corrected chi connectivity index (χ2v) is 6.55. The van der Waals surface area contributed by atoms with Crippen molar-refractivity contribution in [3.05, 3.63) is 64.7 Å². The highest BCUT2D eigenvalue weighted by Crippen LogP contribution is 2.32. The normalized spacial score (nSPS) is 15.0. The first-order valence-corrected chi connectivity index (χ1v) is 8.55. The topological polar surface area (TPSA) is 56.8 Å². The van der Waals surface area contributed by atoms with Crippen molar-refractivity contribution < 1.29 is 19.0 Å². The number of carbonyl (C=O) groups excluding carboxylic acids is 1. The van der Waals surface area contributed by atoms with Gasteiger partial charge in [-0.15, -0.1) is 0 Å². The van der Waals surface area contributed by atoms with Gasteiger partial charge in [0.25, 0.3) is 0 Å². The first kappa shape index (κ1) is 18.3. The third-order valence-corrected chi connectivity index (χ3v) is 4.54. The van der Waals surface area contributed by atoms with Gasteiger partial charge in [0.15, 0.2) is 11.5 Å². The van der Waals surface area contributed by atoms with Crippen molar-refractivity contribution in [2.45, 2.75) is 12.5 Å². The summed E-state index contributed by atoms with van der Waals surface area (Å²) in [6.45, 7) is 2.44. The molecule has 0 saturated carbocycles. The van der Waals surface area contributed by atoms with Gasteiger partial charge in [-0.25, -0.2) is 0 Å². The molecule has 0 saturated heterocycles. The molecule has 136 valence electrons. The Labute approximate surface area is 157 Å². The van der Waals surface area contributed by atoms with E-state index in [2.05, 4.69) is 5.32 Å². The van der Waals surface area contributed by atoms with Gasteiger partial charge in [0.1, 0.15) is 5.60 Å². The standard InChI is InChI=1S/C20H20ClNO4/c1-20(24-2,15-4-3-5-16(21)11-15)12-22-19(23)9-7-14-6-8-17-18(10-14)26-13-25-17/h3-11H,12-13H2,1-2H3,(H,22,23)/b9-7+. The highest BCUT2D eigenvalue weighted by atomic mass is 35.5. The van der Waals surface area contributed by atoms with Crippen LogP contribution in [0.4, 0.5) is 0 Å². The van der Waals surface area contributed by atoms with Crippen molar-refractivity contribution >= 4 is 23.6 Å². The lowest BCUT2D eigenvalue weighted by Crippen LogP contribution is -2.39. The van der Waals surface area contributed by atoms with Gasteiger partial charge in [0.2, 0.25) is 12.7 Å². The van der Waals surface area contributed by atoms with Crippen LogP contribution < -0.4 is 14.8 Å². The average Bonchev–Trinajstić information content (AvgIpc) is 3.12. The van der Waals surface area contributed by atoms with Crippen LogP contribution in [0.25, 0.3) is 6.08 Å². The number of halogens is 1. The molecule has 5 nitrogen and oxygen atoms in total. The Balaban J connectivity index is 1.62. The molecule has 1 unspecified atom stereocenters. The molecule has 6 heteroatoms. The molecule has 0 fully saturated rings. The molecule has 1 amide bonds. The van der Waals surface area contributed by atoms with Crippen molar-refractivity contribution in [3.63, 3.8) is 0 Å². The molecule has 2 aromatic rings. The molecule has 2 aromatic carbocycles. The maximum Gasteiger partial charge on any atom is 0.244 e. The first-order chi connectivity index (χ1) is 12.5. The molecule has 1 aliphatic rings. The number of hydrogen-bond acceptors (Lipinski definition) is 4. The van der Waals surface area contributed by atoms with Crippen LogP contribution in [-0.4, -0.2) is 26.4 Å². The molecule has 0 spiro atoms. The number of ether oxygens (including phenoxy) is 3. The number of nitrogens with one attached hydrogen (secondary N) is 1. The number of fused-ring (bicyclic) bond motifs is 1. The van der Waals surface area contributed by atoms with E-state index < -0.39 is 5.60 Å². The molecule has 1 aliphatic heterocycles. The fraction of sp³-hybridized carbons (Fsp3) is 0.250. The summed E-state index contributed by atoms with van der Waals surface area (Å²) < 4.78 is 16.2. The number of amides is 1. The third kappa shape index (κ3) is 4.18. The lowest BCUT2D eigenvalue weighted by Gasteiger charge is -2.29. The highest BCUT2D eigenvalue weighted by molar-refractivity contribution is 6.30. The van der Waals surface area contributed by atoms with Crippen molar-refractivity contribution in [2.75, 3.05) is 20.4 Å². The fourth-order valence-electron chi connectivity index (χ4n) is 2.61. The molecular formula is C20H20ClNO4. The van der Waals surface area contributed by atoms with Gasteiger partial charge >= 0.3 is 0 Å². The Kier molecular flexibility index (Phi) is 5.49. The van der Waals surface area contributed by atoms with Gasteiger partial charge in [0.05, 0.1) is 6.54 Å². The van der Waals surface area contributed by atoms with E-state index in [1.54, 1.807) is 19.3 Å². The zero-order valence-electron chi connectivity index (χ0n) is 14.6. The summed E-state index contributed by atoms with van der Waals surface area (Å²) in [5.74, 6) is 1.18. The Morgan fingerprint density at radius 3 is 2.85 bits per heavy atom. The second-order valence-electron chi connectivity index (χ2n) is 6.11. The van der Waals surface area contributed by atoms with Crippen molar-refractivity contribution in [1.82, 2.24) is 5.32 Å². The zero-order chi connectivity index (χ0) is 18.6. The lowest BCUT2D eigenvalue weighted by atomic mass is 9.95. The van der Waals surface area contributed by atoms with Gasteiger partial charge in [-0.3, -0.25) is 4.79 Å². The van der Waals surface area contributed by atoms with Crippen LogP contribution in [0.5, 0.6) is 11.5 Å². The summed E-state index contributed by atoms with van der Waals surface area (Å²) in [7, 11) is 1.61. The fourth-order valence-corrected chi connectivity index (χ4v) is 2.80. The minimum Gasteiger partial charge on any atom is -0.454 e. The van der Waals surface area contributed by atoms with E-state index in [-0.39, 0.29) is 12.7 Å². The largest absolute Gasteiger partial charge is 0.454 e. The summed E-state index contributed by atoms with van der Waals surface area (Å²) in [6, 6.07) is 12.9. The highest BCUT2D eigenvalue weighted by Gasteiger charge is 2.26. The summed E-state index contributed by atoms with van der Waals surface area (Å²) in [5.41, 5.74) is 1.08. The monoisotopic (exact) mass is 373 g/mol. The van der Waals surface area contributed by atoms with Gasteiger partial charge in [-0.05, 0) is 48.4 Å². The predicted molar refractivity (Wildman–Crippen MR) is 100 cm³/mol. The predicted octanol–water partition coefficient (Wildman–Crippen LogP) is 3.76. The minimum absolute atomic E-state index is 0.215. The molecule has 1 atom stereocenters. The SMILES string of the molecule is COC(C)(CNC(=O)/C=C/c1ccc2c(c1)OCO2)c1cccc(Cl)c1. The maximum atomic E-state index is 12.2. The van der Waals surface area contributed by atoms with Crippen LogP contribution in [0.3, 0.4) is 0 Å². The molecule has 1 heterocycles. The number of benzene rings is 2. The van der Waals surface area contributed by atoms with E-state index in [9.17, 15) is 4.79 Å². The van der Waals surface area contributed by atoms with Gasteiger partial charge < -0.3 is 19.5 Å². The number of hydrogen-bond donors (Lipinski definition) is 1. The molecule has 0 aliphatic carbocycles. The third-order valence-electron chi connectivity index (χ3n) is 4.31. The molecule has 0 bridgehead atoms. The van der Waals surface area contributed by atoms with Crippen LogP contribution in [0, 0.1) is 0 Å².